The number of fused-ring (bicyclic) bond motifs is 1. The van der Waals surface area contributed by atoms with Crippen LogP contribution in [0.1, 0.15) is 40.2 Å². The second-order valence-electron chi connectivity index (χ2n) is 10.7. The van der Waals surface area contributed by atoms with Crippen molar-refractivity contribution in [1.29, 1.82) is 0 Å². The third kappa shape index (κ3) is 6.45. The van der Waals surface area contributed by atoms with E-state index in [1.807, 2.05) is 67.6 Å². The molecule has 1 unspecified atom stereocenters. The summed E-state index contributed by atoms with van der Waals surface area (Å²) in [5.41, 5.74) is 7.62. The minimum absolute atomic E-state index is 0.0284. The molecule has 0 aliphatic carbocycles. The van der Waals surface area contributed by atoms with Crippen LogP contribution >= 0.6 is 0 Å². The fourth-order valence-electron chi connectivity index (χ4n) is 5.47. The van der Waals surface area contributed by atoms with Gasteiger partial charge in [-0.1, -0.05) is 109 Å². The van der Waals surface area contributed by atoms with Crippen molar-refractivity contribution in [3.63, 3.8) is 0 Å². The van der Waals surface area contributed by atoms with E-state index in [1.54, 1.807) is 0 Å². The minimum atomic E-state index is -0.169. The number of carbonyl (C=O) groups is 1. The number of nitrogens with zero attached hydrogens (tertiary/aromatic N) is 1. The number of anilines is 1. The fraction of sp³-hybridized carbons (Fsp3) is 0.132. The van der Waals surface area contributed by atoms with Crippen LogP contribution in [0.2, 0.25) is 0 Å². The highest BCUT2D eigenvalue weighted by Crippen LogP contribution is 2.36. The smallest absolute Gasteiger partial charge is 0.225 e. The summed E-state index contributed by atoms with van der Waals surface area (Å²) in [5, 5.41) is 4.27. The maximum atomic E-state index is 13.5. The predicted octanol–water partition coefficient (Wildman–Crippen LogP) is 8.74. The number of ether oxygens (including phenoxy) is 1. The third-order valence-corrected chi connectivity index (χ3v) is 7.62. The molecule has 4 nitrogen and oxygen atoms in total. The Morgan fingerprint density at radius 3 is 2.21 bits per heavy atom. The van der Waals surface area contributed by atoms with Gasteiger partial charge in [0, 0.05) is 41.7 Å². The molecule has 6 rings (SSSR count). The van der Waals surface area contributed by atoms with Crippen LogP contribution in [0.4, 0.5) is 5.69 Å². The van der Waals surface area contributed by atoms with E-state index in [9.17, 15) is 4.79 Å². The summed E-state index contributed by atoms with van der Waals surface area (Å²) in [6.45, 7) is 3.28. The quantitative estimate of drug-likeness (QED) is 0.185. The number of nitrogens with one attached hydrogen (secondary N) is 1. The Morgan fingerprint density at radius 2 is 1.45 bits per heavy atom. The Labute approximate surface area is 247 Å². The molecule has 0 aliphatic heterocycles. The van der Waals surface area contributed by atoms with Crippen LogP contribution in [0, 0.1) is 6.92 Å². The molecule has 4 heteroatoms. The summed E-state index contributed by atoms with van der Waals surface area (Å²) in [6, 6.07) is 45.2. The zero-order chi connectivity index (χ0) is 28.7. The van der Waals surface area contributed by atoms with Gasteiger partial charge in [0.15, 0.2) is 0 Å². The Hall–Kier alpha value is -5.09. The molecule has 1 amide bonds. The van der Waals surface area contributed by atoms with Crippen LogP contribution in [0.5, 0.6) is 5.75 Å². The van der Waals surface area contributed by atoms with Crippen molar-refractivity contribution in [3.05, 3.63) is 167 Å². The van der Waals surface area contributed by atoms with Gasteiger partial charge in [-0.2, -0.15) is 0 Å². The lowest BCUT2D eigenvalue weighted by molar-refractivity contribution is -0.116. The van der Waals surface area contributed by atoms with E-state index < -0.39 is 0 Å². The number of aromatic nitrogens is 1. The van der Waals surface area contributed by atoms with Crippen molar-refractivity contribution in [1.82, 2.24) is 4.57 Å². The summed E-state index contributed by atoms with van der Waals surface area (Å²) < 4.78 is 8.49. The van der Waals surface area contributed by atoms with Gasteiger partial charge in [-0.05, 0) is 59.5 Å². The predicted molar refractivity (Wildman–Crippen MR) is 171 cm³/mol. The molecule has 1 heterocycles. The third-order valence-electron chi connectivity index (χ3n) is 7.62. The van der Waals surface area contributed by atoms with Gasteiger partial charge in [0.25, 0.3) is 0 Å². The van der Waals surface area contributed by atoms with Gasteiger partial charge in [-0.15, -0.1) is 0 Å². The zero-order valence-electron chi connectivity index (χ0n) is 23.7. The molecule has 0 radical (unpaired) electrons. The van der Waals surface area contributed by atoms with Crippen LogP contribution in [-0.2, 0) is 17.9 Å². The number of hydrogen-bond acceptors (Lipinski definition) is 2. The van der Waals surface area contributed by atoms with E-state index in [2.05, 4.69) is 88.9 Å². The summed E-state index contributed by atoms with van der Waals surface area (Å²) >= 11 is 0. The summed E-state index contributed by atoms with van der Waals surface area (Å²) in [4.78, 5) is 13.5. The van der Waals surface area contributed by atoms with E-state index >= 15 is 0 Å². The first-order chi connectivity index (χ1) is 20.6. The van der Waals surface area contributed by atoms with E-state index in [0.717, 1.165) is 51.1 Å². The van der Waals surface area contributed by atoms with E-state index in [4.69, 9.17) is 4.74 Å². The lowest BCUT2D eigenvalue weighted by Crippen LogP contribution is -2.16. The molecule has 0 bridgehead atoms. The molecule has 6 aromatic rings. The second-order valence-corrected chi connectivity index (χ2v) is 10.7. The average molecular weight is 551 g/mol. The van der Waals surface area contributed by atoms with E-state index in [0.29, 0.717) is 13.0 Å². The number of carbonyl (C=O) groups excluding carboxylic acids is 1. The van der Waals surface area contributed by atoms with Gasteiger partial charge in [-0.25, -0.2) is 0 Å². The molecule has 0 aliphatic rings. The molecule has 1 aromatic heterocycles. The first-order valence-electron chi connectivity index (χ1n) is 14.4. The summed E-state index contributed by atoms with van der Waals surface area (Å²) in [7, 11) is 0. The minimum Gasteiger partial charge on any atom is -0.489 e. The number of para-hydroxylation sites is 1. The molecule has 0 spiro atoms. The van der Waals surface area contributed by atoms with Crippen molar-refractivity contribution >= 4 is 22.5 Å². The number of benzene rings is 5. The average Bonchev–Trinajstić information content (AvgIpc) is 3.39. The Morgan fingerprint density at radius 1 is 0.762 bits per heavy atom. The van der Waals surface area contributed by atoms with Gasteiger partial charge >= 0.3 is 0 Å². The SMILES string of the molecule is Cc1ccc(NC(=O)CC(c2cccc(OCc3ccccc3)c2)c2cn(Cc3ccccc3)c3ccccc23)cc1. The van der Waals surface area contributed by atoms with Gasteiger partial charge in [0.05, 0.1) is 0 Å². The van der Waals surface area contributed by atoms with E-state index in [-0.39, 0.29) is 11.8 Å². The molecule has 208 valence electrons. The van der Waals surface area contributed by atoms with Crippen LogP contribution in [-0.4, -0.2) is 10.5 Å². The molecule has 0 saturated heterocycles. The number of amides is 1. The Balaban J connectivity index is 1.36. The second kappa shape index (κ2) is 12.6. The first-order valence-corrected chi connectivity index (χ1v) is 14.4. The Kier molecular flexibility index (Phi) is 8.14. The first kappa shape index (κ1) is 27.1. The lowest BCUT2D eigenvalue weighted by atomic mass is 9.88. The highest BCUT2D eigenvalue weighted by atomic mass is 16.5. The largest absolute Gasteiger partial charge is 0.489 e. The zero-order valence-corrected chi connectivity index (χ0v) is 23.7. The summed E-state index contributed by atoms with van der Waals surface area (Å²) in [6.07, 6.45) is 2.52. The van der Waals surface area contributed by atoms with Crippen molar-refractivity contribution in [2.45, 2.75) is 32.4 Å². The number of hydrogen-bond donors (Lipinski definition) is 1. The lowest BCUT2D eigenvalue weighted by Gasteiger charge is -2.19. The maximum absolute atomic E-state index is 13.5. The van der Waals surface area contributed by atoms with Crippen LogP contribution in [0.3, 0.4) is 0 Å². The van der Waals surface area contributed by atoms with E-state index in [1.165, 1.54) is 5.56 Å². The van der Waals surface area contributed by atoms with Crippen LogP contribution < -0.4 is 10.1 Å². The molecule has 5 aromatic carbocycles. The van der Waals surface area contributed by atoms with Crippen molar-refractivity contribution in [2.75, 3.05) is 5.32 Å². The number of aryl methyl sites for hydroxylation is 1. The normalized spacial score (nSPS) is 11.7. The maximum Gasteiger partial charge on any atom is 0.225 e. The van der Waals surface area contributed by atoms with Crippen molar-refractivity contribution in [3.8, 4) is 5.75 Å². The highest BCUT2D eigenvalue weighted by molar-refractivity contribution is 5.93. The van der Waals surface area contributed by atoms with Crippen molar-refractivity contribution < 1.29 is 9.53 Å². The standard InChI is InChI=1S/C38H34N2O2/c1-28-19-21-32(22-20-28)39-38(41)24-35(31-15-10-16-33(23-31)42-27-30-13-6-3-7-14-30)36-26-40(25-29-11-4-2-5-12-29)37-18-9-8-17-34(36)37/h2-23,26,35H,24-25,27H2,1H3,(H,39,41). The van der Waals surface area contributed by atoms with Crippen molar-refractivity contribution in [2.24, 2.45) is 0 Å². The fourth-order valence-corrected chi connectivity index (χ4v) is 5.47. The topological polar surface area (TPSA) is 43.3 Å². The Bertz CT molecular complexity index is 1770. The van der Waals surface area contributed by atoms with Gasteiger partial charge in [0.2, 0.25) is 5.91 Å². The summed E-state index contributed by atoms with van der Waals surface area (Å²) in [5.74, 6) is 0.588. The monoisotopic (exact) mass is 550 g/mol. The van der Waals surface area contributed by atoms with Gasteiger partial charge in [-0.3, -0.25) is 4.79 Å². The molecular formula is C38H34N2O2. The molecule has 1 N–H and O–H groups in total. The van der Waals surface area contributed by atoms with Gasteiger partial charge < -0.3 is 14.6 Å². The highest BCUT2D eigenvalue weighted by Gasteiger charge is 2.23. The molecule has 1 atom stereocenters. The van der Waals surface area contributed by atoms with Crippen LogP contribution in [0.25, 0.3) is 10.9 Å². The molecule has 0 fully saturated rings. The molecular weight excluding hydrogens is 516 g/mol. The number of rotatable bonds is 10. The molecule has 42 heavy (non-hydrogen) atoms. The molecule has 0 saturated carbocycles. The van der Waals surface area contributed by atoms with Gasteiger partial charge in [0.1, 0.15) is 12.4 Å². The van der Waals surface area contributed by atoms with Crippen LogP contribution in [0.15, 0.2) is 140 Å².